The summed E-state index contributed by atoms with van der Waals surface area (Å²) in [6.45, 7) is 8.55. The summed E-state index contributed by atoms with van der Waals surface area (Å²) in [6.07, 6.45) is 4.29. The number of carbonyl (C=O) groups excluding carboxylic acids is 2. The smallest absolute Gasteiger partial charge is 0.327 e. The van der Waals surface area contributed by atoms with Gasteiger partial charge in [0.05, 0.1) is 0 Å². The molecular formula is C27H34O4. The van der Waals surface area contributed by atoms with Crippen LogP contribution in [0, 0.1) is 18.8 Å². The zero-order chi connectivity index (χ0) is 22.2. The van der Waals surface area contributed by atoms with Gasteiger partial charge in [0.2, 0.25) is 0 Å². The molecule has 2 aliphatic carbocycles. The number of ketones is 1. The van der Waals surface area contributed by atoms with Gasteiger partial charge in [0.1, 0.15) is 17.6 Å². The van der Waals surface area contributed by atoms with E-state index in [1.165, 1.54) is 5.56 Å². The number of rotatable bonds is 5. The largest absolute Gasteiger partial charge is 0.465 e. The number of ether oxygens (including phenoxy) is 1. The average Bonchev–Trinajstić information content (AvgIpc) is 3.34. The van der Waals surface area contributed by atoms with Gasteiger partial charge in [-0.25, -0.2) is 0 Å². The van der Waals surface area contributed by atoms with Gasteiger partial charge in [-0.2, -0.15) is 0 Å². The molecule has 1 aromatic heterocycles. The summed E-state index contributed by atoms with van der Waals surface area (Å²) in [6, 6.07) is 14.1. The van der Waals surface area contributed by atoms with Crippen LogP contribution in [0.25, 0.3) is 0 Å². The molecule has 4 heteroatoms. The maximum Gasteiger partial charge on any atom is 0.327 e. The summed E-state index contributed by atoms with van der Waals surface area (Å²) < 4.78 is 12.1. The van der Waals surface area contributed by atoms with E-state index in [2.05, 4.69) is 45.0 Å². The lowest BCUT2D eigenvalue weighted by Gasteiger charge is -2.44. The molecule has 0 amide bonds. The van der Waals surface area contributed by atoms with Crippen molar-refractivity contribution in [2.45, 2.75) is 83.2 Å². The third kappa shape index (κ3) is 3.86. The second kappa shape index (κ2) is 8.29. The van der Waals surface area contributed by atoms with Crippen molar-refractivity contribution in [3.63, 3.8) is 0 Å². The first kappa shape index (κ1) is 21.9. The SMILES string of the molecule is Cc1ccc([C@]2(C(=O)OC3C[C@@H](C)CC[C@@H]3C(C)(C)c3ccccc3)CCCC2=O)o1. The number of aryl methyl sites for hydroxylation is 1. The predicted octanol–water partition coefficient (Wildman–Crippen LogP) is 5.90. The Labute approximate surface area is 185 Å². The Morgan fingerprint density at radius 2 is 1.87 bits per heavy atom. The van der Waals surface area contributed by atoms with E-state index in [0.29, 0.717) is 36.7 Å². The molecule has 0 bridgehead atoms. The molecule has 2 fully saturated rings. The van der Waals surface area contributed by atoms with Crippen molar-refractivity contribution in [2.75, 3.05) is 0 Å². The fourth-order valence-electron chi connectivity index (χ4n) is 5.71. The van der Waals surface area contributed by atoms with E-state index in [0.717, 1.165) is 19.3 Å². The summed E-state index contributed by atoms with van der Waals surface area (Å²) in [7, 11) is 0. The first-order valence-corrected chi connectivity index (χ1v) is 11.6. The maximum atomic E-state index is 13.7. The second-order valence-electron chi connectivity index (χ2n) is 10.1. The molecular weight excluding hydrogens is 388 g/mol. The molecule has 1 aromatic carbocycles. The van der Waals surface area contributed by atoms with Crippen molar-refractivity contribution in [1.29, 1.82) is 0 Å². The van der Waals surface area contributed by atoms with Crippen LogP contribution in [0.15, 0.2) is 46.9 Å². The second-order valence-corrected chi connectivity index (χ2v) is 10.1. The van der Waals surface area contributed by atoms with E-state index < -0.39 is 11.4 Å². The van der Waals surface area contributed by atoms with Gasteiger partial charge in [0.25, 0.3) is 0 Å². The highest BCUT2D eigenvalue weighted by Crippen LogP contribution is 2.46. The summed E-state index contributed by atoms with van der Waals surface area (Å²) in [5, 5.41) is 0. The van der Waals surface area contributed by atoms with Crippen LogP contribution in [-0.4, -0.2) is 17.9 Å². The Balaban J connectivity index is 1.65. The Bertz CT molecular complexity index is 941. The molecule has 2 aromatic rings. The zero-order valence-electron chi connectivity index (χ0n) is 19.1. The maximum absolute atomic E-state index is 13.7. The molecule has 0 N–H and O–H groups in total. The van der Waals surface area contributed by atoms with Crippen molar-refractivity contribution in [1.82, 2.24) is 0 Å². The number of benzene rings is 1. The molecule has 31 heavy (non-hydrogen) atoms. The van der Waals surface area contributed by atoms with Crippen LogP contribution in [0.2, 0.25) is 0 Å². The van der Waals surface area contributed by atoms with Crippen molar-refractivity contribution in [3.8, 4) is 0 Å². The third-order valence-corrected chi connectivity index (χ3v) is 7.70. The minimum Gasteiger partial charge on any atom is -0.465 e. The lowest BCUT2D eigenvalue weighted by molar-refractivity contribution is -0.166. The Hall–Kier alpha value is -2.36. The number of carbonyl (C=O) groups is 2. The summed E-state index contributed by atoms with van der Waals surface area (Å²) >= 11 is 0. The first-order chi connectivity index (χ1) is 14.7. The molecule has 4 rings (SSSR count). The summed E-state index contributed by atoms with van der Waals surface area (Å²) in [4.78, 5) is 26.7. The fraction of sp³-hybridized carbons (Fsp3) is 0.556. The number of esters is 1. The van der Waals surface area contributed by atoms with Gasteiger partial charge < -0.3 is 9.15 Å². The van der Waals surface area contributed by atoms with Crippen LogP contribution in [0.4, 0.5) is 0 Å². The highest BCUT2D eigenvalue weighted by atomic mass is 16.5. The van der Waals surface area contributed by atoms with Gasteiger partial charge >= 0.3 is 5.97 Å². The van der Waals surface area contributed by atoms with E-state index in [-0.39, 0.29) is 23.2 Å². The molecule has 0 aliphatic heterocycles. The van der Waals surface area contributed by atoms with Crippen LogP contribution in [0.3, 0.4) is 0 Å². The molecule has 4 atom stereocenters. The Morgan fingerprint density at radius 3 is 2.48 bits per heavy atom. The number of hydrogen-bond donors (Lipinski definition) is 0. The highest BCUT2D eigenvalue weighted by molar-refractivity contribution is 6.10. The van der Waals surface area contributed by atoms with Crippen LogP contribution >= 0.6 is 0 Å². The molecule has 1 heterocycles. The fourth-order valence-corrected chi connectivity index (χ4v) is 5.71. The lowest BCUT2D eigenvalue weighted by Crippen LogP contribution is -2.48. The predicted molar refractivity (Wildman–Crippen MR) is 120 cm³/mol. The van der Waals surface area contributed by atoms with E-state index in [4.69, 9.17) is 9.15 Å². The van der Waals surface area contributed by atoms with Gasteiger partial charge in [0.15, 0.2) is 11.2 Å². The van der Waals surface area contributed by atoms with E-state index in [1.807, 2.05) is 19.1 Å². The molecule has 2 saturated carbocycles. The van der Waals surface area contributed by atoms with Crippen LogP contribution < -0.4 is 0 Å². The average molecular weight is 423 g/mol. The molecule has 2 aliphatic rings. The molecule has 0 saturated heterocycles. The molecule has 0 spiro atoms. The number of hydrogen-bond acceptors (Lipinski definition) is 4. The van der Waals surface area contributed by atoms with Crippen LogP contribution in [0.5, 0.6) is 0 Å². The first-order valence-electron chi connectivity index (χ1n) is 11.6. The van der Waals surface area contributed by atoms with Gasteiger partial charge in [0, 0.05) is 12.3 Å². The standard InChI is InChI=1S/C27H34O4/c1-18-12-14-21(26(3,4)20-9-6-5-7-10-20)22(17-18)31-25(29)27(16-8-11-23(27)28)24-15-13-19(2)30-24/h5-7,9-10,13,15,18,21-22H,8,11-12,14,16-17H2,1-4H3/t18-,21-,22?,27-/m0/s1. The molecule has 0 radical (unpaired) electrons. The van der Waals surface area contributed by atoms with Crippen molar-refractivity contribution < 1.29 is 18.7 Å². The molecule has 4 nitrogen and oxygen atoms in total. The number of furan rings is 1. The molecule has 166 valence electrons. The van der Waals surface area contributed by atoms with Gasteiger partial charge in [-0.1, -0.05) is 57.5 Å². The Morgan fingerprint density at radius 1 is 1.13 bits per heavy atom. The van der Waals surface area contributed by atoms with Crippen LogP contribution in [0.1, 0.15) is 76.4 Å². The normalized spacial score (nSPS) is 29.2. The van der Waals surface area contributed by atoms with Gasteiger partial charge in [-0.15, -0.1) is 0 Å². The quantitative estimate of drug-likeness (QED) is 0.444. The summed E-state index contributed by atoms with van der Waals surface area (Å²) in [5.74, 6) is 1.34. The molecule has 1 unspecified atom stereocenters. The topological polar surface area (TPSA) is 56.5 Å². The minimum atomic E-state index is -1.28. The van der Waals surface area contributed by atoms with Crippen LogP contribution in [-0.2, 0) is 25.2 Å². The highest BCUT2D eigenvalue weighted by Gasteiger charge is 2.55. The van der Waals surface area contributed by atoms with Crippen molar-refractivity contribution >= 4 is 11.8 Å². The zero-order valence-corrected chi connectivity index (χ0v) is 19.1. The van der Waals surface area contributed by atoms with Gasteiger partial charge in [-0.3, -0.25) is 9.59 Å². The summed E-state index contributed by atoms with van der Waals surface area (Å²) in [5.41, 5.74) is -0.166. The van der Waals surface area contributed by atoms with E-state index in [1.54, 1.807) is 6.07 Å². The monoisotopic (exact) mass is 422 g/mol. The minimum absolute atomic E-state index is 0.0745. The lowest BCUT2D eigenvalue weighted by atomic mass is 9.64. The number of Topliss-reactive ketones (excluding diaryl/α,β-unsaturated/α-hetero) is 1. The van der Waals surface area contributed by atoms with Crippen molar-refractivity contribution in [2.24, 2.45) is 11.8 Å². The van der Waals surface area contributed by atoms with E-state index >= 15 is 0 Å². The van der Waals surface area contributed by atoms with Gasteiger partial charge in [-0.05, 0) is 61.6 Å². The van der Waals surface area contributed by atoms with E-state index in [9.17, 15) is 9.59 Å². The Kier molecular flexibility index (Phi) is 5.85. The third-order valence-electron chi connectivity index (χ3n) is 7.70. The van der Waals surface area contributed by atoms with Crippen molar-refractivity contribution in [3.05, 3.63) is 59.5 Å².